The number of anilines is 2. The van der Waals surface area contributed by atoms with Crippen LogP contribution >= 0.6 is 11.3 Å². The molecule has 21 heavy (non-hydrogen) atoms. The zero-order valence-corrected chi connectivity index (χ0v) is 12.8. The number of nitrogens with one attached hydrogen (secondary N) is 2. The standard InChI is InChI=1S/C12H15N5O2S2/c13-16-11-6-5-8(7-14-11)21(18,19)17-12-15-9-3-1-2-4-10(9)20-12/h5-7H,1-4,13H2,(H,14,16)(H,15,17). The number of hydrogen-bond donors (Lipinski definition) is 3. The highest BCUT2D eigenvalue weighted by Gasteiger charge is 2.20. The summed E-state index contributed by atoms with van der Waals surface area (Å²) in [4.78, 5) is 9.53. The summed E-state index contributed by atoms with van der Waals surface area (Å²) >= 11 is 1.41. The minimum absolute atomic E-state index is 0.0784. The molecule has 0 aliphatic heterocycles. The molecule has 0 aromatic carbocycles. The molecule has 0 saturated heterocycles. The number of rotatable bonds is 4. The summed E-state index contributed by atoms with van der Waals surface area (Å²) in [5.74, 6) is 5.60. The quantitative estimate of drug-likeness (QED) is 0.580. The highest BCUT2D eigenvalue weighted by atomic mass is 32.2. The van der Waals surface area contributed by atoms with Crippen LogP contribution in [0.2, 0.25) is 0 Å². The first-order valence-corrected chi connectivity index (χ1v) is 8.82. The van der Waals surface area contributed by atoms with Gasteiger partial charge in [-0.25, -0.2) is 24.2 Å². The van der Waals surface area contributed by atoms with Gasteiger partial charge in [0, 0.05) is 11.1 Å². The normalized spacial score (nSPS) is 14.5. The zero-order chi connectivity index (χ0) is 14.9. The van der Waals surface area contributed by atoms with Gasteiger partial charge in [-0.15, -0.1) is 11.3 Å². The van der Waals surface area contributed by atoms with Crippen LogP contribution in [0.15, 0.2) is 23.2 Å². The third-order valence-electron chi connectivity index (χ3n) is 3.26. The highest BCUT2D eigenvalue weighted by molar-refractivity contribution is 7.93. The smallest absolute Gasteiger partial charge is 0.265 e. The van der Waals surface area contributed by atoms with Gasteiger partial charge in [-0.05, 0) is 37.8 Å². The van der Waals surface area contributed by atoms with E-state index in [0.717, 1.165) is 31.4 Å². The van der Waals surface area contributed by atoms with Crippen LogP contribution in [0.1, 0.15) is 23.4 Å². The van der Waals surface area contributed by atoms with Crippen molar-refractivity contribution in [2.24, 2.45) is 5.84 Å². The van der Waals surface area contributed by atoms with Gasteiger partial charge >= 0.3 is 0 Å². The van der Waals surface area contributed by atoms with Crippen molar-refractivity contribution in [1.29, 1.82) is 0 Å². The molecule has 0 bridgehead atoms. The fourth-order valence-corrected chi connectivity index (χ4v) is 4.42. The lowest BCUT2D eigenvalue weighted by Gasteiger charge is -2.06. The Hall–Kier alpha value is -1.71. The van der Waals surface area contributed by atoms with Crippen molar-refractivity contribution in [3.05, 3.63) is 28.9 Å². The number of nitrogens with zero attached hydrogens (tertiary/aromatic N) is 2. The van der Waals surface area contributed by atoms with Gasteiger partial charge < -0.3 is 5.43 Å². The van der Waals surface area contributed by atoms with E-state index < -0.39 is 10.0 Å². The van der Waals surface area contributed by atoms with E-state index in [0.29, 0.717) is 10.9 Å². The maximum absolute atomic E-state index is 12.3. The van der Waals surface area contributed by atoms with Crippen molar-refractivity contribution in [3.8, 4) is 0 Å². The number of fused-ring (bicyclic) bond motifs is 1. The first-order valence-electron chi connectivity index (χ1n) is 6.52. The van der Waals surface area contributed by atoms with E-state index in [1.807, 2.05) is 0 Å². The van der Waals surface area contributed by atoms with Crippen molar-refractivity contribution < 1.29 is 8.42 Å². The first kappa shape index (κ1) is 14.2. The van der Waals surface area contributed by atoms with Crippen LogP contribution in [0.3, 0.4) is 0 Å². The van der Waals surface area contributed by atoms with Crippen LogP contribution in [0.5, 0.6) is 0 Å². The van der Waals surface area contributed by atoms with E-state index >= 15 is 0 Å². The van der Waals surface area contributed by atoms with Gasteiger partial charge in [0.2, 0.25) is 0 Å². The Morgan fingerprint density at radius 1 is 1.24 bits per heavy atom. The molecule has 0 spiro atoms. The largest absolute Gasteiger partial charge is 0.308 e. The van der Waals surface area contributed by atoms with Gasteiger partial charge in [0.15, 0.2) is 5.13 Å². The van der Waals surface area contributed by atoms with Gasteiger partial charge in [-0.2, -0.15) is 0 Å². The van der Waals surface area contributed by atoms with Crippen LogP contribution in [-0.4, -0.2) is 18.4 Å². The van der Waals surface area contributed by atoms with Crippen molar-refractivity contribution in [2.45, 2.75) is 30.6 Å². The average molecular weight is 325 g/mol. The Morgan fingerprint density at radius 3 is 2.71 bits per heavy atom. The molecular formula is C12H15N5O2S2. The third kappa shape index (κ3) is 2.99. The Labute approximate surface area is 126 Å². The Balaban J connectivity index is 1.83. The molecule has 7 nitrogen and oxygen atoms in total. The molecule has 2 aromatic heterocycles. The maximum Gasteiger partial charge on any atom is 0.265 e. The van der Waals surface area contributed by atoms with Gasteiger partial charge in [0.05, 0.1) is 5.69 Å². The maximum atomic E-state index is 12.3. The third-order valence-corrected chi connectivity index (χ3v) is 5.79. The molecule has 2 aromatic rings. The van der Waals surface area contributed by atoms with E-state index in [2.05, 4.69) is 20.1 Å². The molecular weight excluding hydrogens is 310 g/mol. The molecule has 0 fully saturated rings. The zero-order valence-electron chi connectivity index (χ0n) is 11.2. The number of hydrogen-bond acceptors (Lipinski definition) is 7. The minimum atomic E-state index is -3.67. The lowest BCUT2D eigenvalue weighted by atomic mass is 10.0. The molecule has 0 saturated carbocycles. The van der Waals surface area contributed by atoms with Gasteiger partial charge in [-0.1, -0.05) is 0 Å². The molecule has 1 aliphatic carbocycles. The predicted octanol–water partition coefficient (Wildman–Crippen LogP) is 1.50. The number of pyridine rings is 1. The second kappa shape index (κ2) is 5.58. The second-order valence-corrected chi connectivity index (χ2v) is 7.49. The SMILES string of the molecule is NNc1ccc(S(=O)(=O)Nc2nc3c(s2)CCCC3)cn1. The first-order chi connectivity index (χ1) is 10.1. The highest BCUT2D eigenvalue weighted by Crippen LogP contribution is 2.30. The van der Waals surface area contributed by atoms with E-state index in [9.17, 15) is 8.42 Å². The monoisotopic (exact) mass is 325 g/mol. The fourth-order valence-electron chi connectivity index (χ4n) is 2.19. The van der Waals surface area contributed by atoms with E-state index in [1.54, 1.807) is 0 Å². The van der Waals surface area contributed by atoms with Crippen molar-refractivity contribution >= 4 is 32.3 Å². The second-order valence-electron chi connectivity index (χ2n) is 4.72. The molecule has 1 aliphatic rings. The number of aromatic nitrogens is 2. The van der Waals surface area contributed by atoms with Gasteiger partial charge in [0.1, 0.15) is 10.7 Å². The van der Waals surface area contributed by atoms with Crippen molar-refractivity contribution in [1.82, 2.24) is 9.97 Å². The predicted molar refractivity (Wildman–Crippen MR) is 81.6 cm³/mol. The lowest BCUT2D eigenvalue weighted by Crippen LogP contribution is -2.14. The molecule has 3 rings (SSSR count). The van der Waals surface area contributed by atoms with E-state index in [1.165, 1.54) is 34.5 Å². The van der Waals surface area contributed by atoms with E-state index in [-0.39, 0.29) is 4.90 Å². The summed E-state index contributed by atoms with van der Waals surface area (Å²) in [5.41, 5.74) is 3.37. The van der Waals surface area contributed by atoms with Crippen LogP contribution in [0.4, 0.5) is 10.9 Å². The van der Waals surface area contributed by atoms with Crippen LogP contribution in [-0.2, 0) is 22.9 Å². The molecule has 0 unspecified atom stereocenters. The Morgan fingerprint density at radius 2 is 2.05 bits per heavy atom. The van der Waals surface area contributed by atoms with E-state index in [4.69, 9.17) is 5.84 Å². The number of sulfonamides is 1. The minimum Gasteiger partial charge on any atom is -0.308 e. The van der Waals surface area contributed by atoms with Crippen molar-refractivity contribution in [2.75, 3.05) is 10.1 Å². The molecule has 2 heterocycles. The molecule has 0 radical (unpaired) electrons. The molecule has 0 atom stereocenters. The van der Waals surface area contributed by atoms with Crippen LogP contribution in [0, 0.1) is 0 Å². The fraction of sp³-hybridized carbons (Fsp3) is 0.333. The lowest BCUT2D eigenvalue weighted by molar-refractivity contribution is 0.600. The molecule has 0 amide bonds. The number of nitrogens with two attached hydrogens (primary N) is 1. The molecule has 9 heteroatoms. The number of aryl methyl sites for hydroxylation is 2. The number of thiazole rings is 1. The summed E-state index contributed by atoms with van der Waals surface area (Å²) in [6.45, 7) is 0. The Bertz CT molecular complexity index is 716. The van der Waals surface area contributed by atoms with Gasteiger partial charge in [0.25, 0.3) is 10.0 Å². The summed E-state index contributed by atoms with van der Waals surface area (Å²) in [7, 11) is -3.67. The van der Waals surface area contributed by atoms with Crippen molar-refractivity contribution in [3.63, 3.8) is 0 Å². The average Bonchev–Trinajstić information content (AvgIpc) is 2.88. The summed E-state index contributed by atoms with van der Waals surface area (Å²) < 4.78 is 27.1. The molecule has 112 valence electrons. The van der Waals surface area contributed by atoms with Gasteiger partial charge in [-0.3, -0.25) is 4.72 Å². The summed E-state index contributed by atoms with van der Waals surface area (Å²) in [6.07, 6.45) is 5.41. The summed E-state index contributed by atoms with van der Waals surface area (Å²) in [6, 6.07) is 2.94. The van der Waals surface area contributed by atoms with Crippen LogP contribution in [0.25, 0.3) is 0 Å². The van der Waals surface area contributed by atoms with Crippen LogP contribution < -0.4 is 16.0 Å². The number of hydrazine groups is 1. The summed E-state index contributed by atoms with van der Waals surface area (Å²) in [5, 5.41) is 0.419. The number of nitrogen functional groups attached to an aromatic ring is 1. The Kier molecular flexibility index (Phi) is 3.79. The molecule has 4 N–H and O–H groups in total. The topological polar surface area (TPSA) is 110 Å².